The topological polar surface area (TPSA) is 20.2 Å². The molecule has 0 atom stereocenters. The van der Waals surface area contributed by atoms with E-state index in [2.05, 4.69) is 0 Å². The van der Waals surface area contributed by atoms with Crippen LogP contribution in [0.25, 0.3) is 0 Å². The van der Waals surface area contributed by atoms with Gasteiger partial charge in [-0.05, 0) is 37.5 Å². The molecule has 0 radical (unpaired) electrons. The lowest BCUT2D eigenvalue weighted by Crippen LogP contribution is -1.89. The first-order valence-electron chi connectivity index (χ1n) is 3.60. The lowest BCUT2D eigenvalue weighted by atomic mass is 10.1. The summed E-state index contributed by atoms with van der Waals surface area (Å²) in [4.78, 5) is 0. The Morgan fingerprint density at radius 3 is 1.83 bits per heavy atom. The number of hydrogen-bond acceptors (Lipinski definition) is 1. The molecule has 66 valence electrons. The van der Waals surface area contributed by atoms with Gasteiger partial charge in [0.2, 0.25) is 0 Å². The molecule has 1 nitrogen and oxygen atoms in total. The van der Waals surface area contributed by atoms with Gasteiger partial charge in [-0.15, -0.1) is 0 Å². The molecule has 3 heteroatoms. The highest BCUT2D eigenvalue weighted by molar-refractivity contribution is 6.37. The lowest BCUT2D eigenvalue weighted by molar-refractivity contribution is 0.470. The second-order valence-electron chi connectivity index (χ2n) is 2.85. The lowest BCUT2D eigenvalue weighted by Gasteiger charge is -2.10. The normalized spacial score (nSPS) is 10.4. The molecule has 0 unspecified atom stereocenters. The number of phenolic OH excluding ortho intramolecular Hbond substituents is 1. The van der Waals surface area contributed by atoms with Crippen molar-refractivity contribution in [3.05, 3.63) is 26.7 Å². The van der Waals surface area contributed by atoms with E-state index in [0.717, 1.165) is 16.7 Å². The van der Waals surface area contributed by atoms with E-state index in [0.29, 0.717) is 10.0 Å². The Morgan fingerprint density at radius 1 is 0.833 bits per heavy atom. The largest absolute Gasteiger partial charge is 0.506 e. The zero-order valence-electron chi connectivity index (χ0n) is 7.20. The maximum atomic E-state index is 9.50. The SMILES string of the molecule is Cc1c(C)c(Cl)c(C)c(Cl)c1O. The van der Waals surface area contributed by atoms with Crippen LogP contribution in [0.5, 0.6) is 5.75 Å². The molecule has 12 heavy (non-hydrogen) atoms. The minimum atomic E-state index is 0.135. The van der Waals surface area contributed by atoms with Crippen LogP contribution in [-0.2, 0) is 0 Å². The summed E-state index contributed by atoms with van der Waals surface area (Å²) in [6.45, 7) is 5.44. The molecule has 1 rings (SSSR count). The van der Waals surface area contributed by atoms with Crippen LogP contribution >= 0.6 is 23.2 Å². The molecule has 0 aliphatic carbocycles. The van der Waals surface area contributed by atoms with Gasteiger partial charge in [0.15, 0.2) is 0 Å². The summed E-state index contributed by atoms with van der Waals surface area (Å²) in [5, 5.41) is 10.5. The molecule has 0 saturated heterocycles. The van der Waals surface area contributed by atoms with Gasteiger partial charge in [0.1, 0.15) is 5.75 Å². The van der Waals surface area contributed by atoms with Crippen LogP contribution in [0.4, 0.5) is 0 Å². The Labute approximate surface area is 81.9 Å². The molecule has 0 saturated carbocycles. The number of hydrogen-bond donors (Lipinski definition) is 1. The first kappa shape index (κ1) is 9.69. The molecular weight excluding hydrogens is 195 g/mol. The first-order valence-corrected chi connectivity index (χ1v) is 4.36. The summed E-state index contributed by atoms with van der Waals surface area (Å²) in [6.07, 6.45) is 0. The van der Waals surface area contributed by atoms with Crippen LogP contribution in [0.3, 0.4) is 0 Å². The van der Waals surface area contributed by atoms with E-state index in [9.17, 15) is 5.11 Å². The number of benzene rings is 1. The molecule has 0 bridgehead atoms. The highest BCUT2D eigenvalue weighted by Gasteiger charge is 2.13. The van der Waals surface area contributed by atoms with Crippen molar-refractivity contribution in [2.24, 2.45) is 0 Å². The summed E-state index contributed by atoms with van der Waals surface area (Å²) in [5.41, 5.74) is 2.37. The van der Waals surface area contributed by atoms with E-state index in [1.54, 1.807) is 13.8 Å². The number of phenols is 1. The van der Waals surface area contributed by atoms with Crippen molar-refractivity contribution in [3.63, 3.8) is 0 Å². The molecule has 1 N–H and O–H groups in total. The Balaban J connectivity index is 3.60. The van der Waals surface area contributed by atoms with Crippen molar-refractivity contribution >= 4 is 23.2 Å². The Morgan fingerprint density at radius 2 is 1.33 bits per heavy atom. The predicted molar refractivity (Wildman–Crippen MR) is 52.3 cm³/mol. The monoisotopic (exact) mass is 204 g/mol. The van der Waals surface area contributed by atoms with E-state index >= 15 is 0 Å². The standard InChI is InChI=1S/C9H10Cl2O/c1-4-5(2)9(12)8(11)6(3)7(4)10/h12H,1-3H3. The van der Waals surface area contributed by atoms with Gasteiger partial charge in [-0.25, -0.2) is 0 Å². The van der Waals surface area contributed by atoms with Gasteiger partial charge >= 0.3 is 0 Å². The fourth-order valence-electron chi connectivity index (χ4n) is 1.06. The fourth-order valence-corrected chi connectivity index (χ4v) is 1.58. The van der Waals surface area contributed by atoms with E-state index in [1.165, 1.54) is 0 Å². The maximum absolute atomic E-state index is 9.50. The average molecular weight is 205 g/mol. The van der Waals surface area contributed by atoms with Crippen LogP contribution < -0.4 is 0 Å². The zero-order chi connectivity index (χ0) is 9.46. The van der Waals surface area contributed by atoms with Crippen molar-refractivity contribution in [2.75, 3.05) is 0 Å². The van der Waals surface area contributed by atoms with Gasteiger partial charge in [0.05, 0.1) is 5.02 Å². The van der Waals surface area contributed by atoms with Crippen LogP contribution in [0, 0.1) is 20.8 Å². The Kier molecular flexibility index (Phi) is 2.55. The zero-order valence-corrected chi connectivity index (χ0v) is 8.72. The average Bonchev–Trinajstić information content (AvgIpc) is 2.08. The Bertz CT molecular complexity index is 227. The summed E-state index contributed by atoms with van der Waals surface area (Å²) < 4.78 is 0. The fraction of sp³-hybridized carbons (Fsp3) is 0.333. The smallest absolute Gasteiger partial charge is 0.137 e. The van der Waals surface area contributed by atoms with Gasteiger partial charge < -0.3 is 5.11 Å². The number of rotatable bonds is 0. The molecule has 0 aromatic heterocycles. The summed E-state index contributed by atoms with van der Waals surface area (Å²) >= 11 is 11.8. The molecule has 0 heterocycles. The molecule has 1 aromatic carbocycles. The second kappa shape index (κ2) is 3.15. The minimum Gasteiger partial charge on any atom is -0.506 e. The van der Waals surface area contributed by atoms with Gasteiger partial charge in [-0.3, -0.25) is 0 Å². The summed E-state index contributed by atoms with van der Waals surface area (Å²) in [7, 11) is 0. The molecule has 0 aliphatic heterocycles. The summed E-state index contributed by atoms with van der Waals surface area (Å²) in [6, 6.07) is 0. The van der Waals surface area contributed by atoms with Crippen molar-refractivity contribution in [2.45, 2.75) is 20.8 Å². The maximum Gasteiger partial charge on any atom is 0.137 e. The van der Waals surface area contributed by atoms with Gasteiger partial charge in [-0.2, -0.15) is 0 Å². The van der Waals surface area contributed by atoms with E-state index in [-0.39, 0.29) is 5.75 Å². The second-order valence-corrected chi connectivity index (χ2v) is 3.61. The van der Waals surface area contributed by atoms with Crippen LogP contribution in [0.2, 0.25) is 10.0 Å². The Hall–Kier alpha value is -0.400. The number of halogens is 2. The molecular formula is C9H10Cl2O. The third kappa shape index (κ3) is 1.27. The highest BCUT2D eigenvalue weighted by Crippen LogP contribution is 2.37. The van der Waals surface area contributed by atoms with Gasteiger partial charge in [0, 0.05) is 5.02 Å². The third-order valence-corrected chi connectivity index (χ3v) is 3.14. The summed E-state index contributed by atoms with van der Waals surface area (Å²) in [5.74, 6) is 0.135. The first-order chi connectivity index (χ1) is 5.46. The molecule has 0 spiro atoms. The van der Waals surface area contributed by atoms with Gasteiger partial charge in [-0.1, -0.05) is 23.2 Å². The number of aromatic hydroxyl groups is 1. The molecule has 0 fully saturated rings. The van der Waals surface area contributed by atoms with Gasteiger partial charge in [0.25, 0.3) is 0 Å². The highest BCUT2D eigenvalue weighted by atomic mass is 35.5. The molecule has 0 amide bonds. The van der Waals surface area contributed by atoms with Crippen molar-refractivity contribution in [3.8, 4) is 5.75 Å². The van der Waals surface area contributed by atoms with Crippen LogP contribution in [0.15, 0.2) is 0 Å². The van der Waals surface area contributed by atoms with Crippen LogP contribution in [0.1, 0.15) is 16.7 Å². The van der Waals surface area contributed by atoms with Crippen molar-refractivity contribution in [1.82, 2.24) is 0 Å². The predicted octanol–water partition coefficient (Wildman–Crippen LogP) is 3.62. The quantitative estimate of drug-likeness (QED) is 0.685. The van der Waals surface area contributed by atoms with E-state index in [1.807, 2.05) is 6.92 Å². The molecule has 0 aliphatic rings. The minimum absolute atomic E-state index is 0.135. The van der Waals surface area contributed by atoms with E-state index < -0.39 is 0 Å². The molecule has 1 aromatic rings. The third-order valence-electron chi connectivity index (χ3n) is 2.11. The van der Waals surface area contributed by atoms with E-state index in [4.69, 9.17) is 23.2 Å². The van der Waals surface area contributed by atoms with Crippen molar-refractivity contribution in [1.29, 1.82) is 0 Å². The van der Waals surface area contributed by atoms with Crippen molar-refractivity contribution < 1.29 is 5.11 Å². The van der Waals surface area contributed by atoms with Crippen LogP contribution in [-0.4, -0.2) is 5.11 Å².